The third kappa shape index (κ3) is 2.10. The van der Waals surface area contributed by atoms with Crippen LogP contribution in [0.5, 0.6) is 0 Å². The fraction of sp³-hybridized carbons (Fsp3) is 0.875. The molecule has 1 fully saturated rings. The van der Waals surface area contributed by atoms with Crippen LogP contribution in [0, 0.1) is 5.92 Å². The summed E-state index contributed by atoms with van der Waals surface area (Å²) in [5.74, 6) is 0.975. The van der Waals surface area contributed by atoms with Gasteiger partial charge in [0.05, 0.1) is 0 Å². The molecule has 1 saturated heterocycles. The van der Waals surface area contributed by atoms with Crippen LogP contribution >= 0.6 is 0 Å². The largest absolute Gasteiger partial charge is 0.306 e. The number of ketones is 1. The molecular formula is C8H15NO. The van der Waals surface area contributed by atoms with E-state index < -0.39 is 0 Å². The molecule has 0 radical (unpaired) electrons. The van der Waals surface area contributed by atoms with Gasteiger partial charge in [-0.15, -0.1) is 0 Å². The van der Waals surface area contributed by atoms with Gasteiger partial charge in [0.15, 0.2) is 0 Å². The molecule has 2 heteroatoms. The van der Waals surface area contributed by atoms with Gasteiger partial charge in [-0.3, -0.25) is 0 Å². The minimum atomic E-state index is 0.334. The Balaban J connectivity index is 2.24. The van der Waals surface area contributed by atoms with Crippen LogP contribution in [0.1, 0.15) is 19.8 Å². The van der Waals surface area contributed by atoms with Crippen LogP contribution in [0.4, 0.5) is 0 Å². The van der Waals surface area contributed by atoms with Gasteiger partial charge in [-0.1, -0.05) is 0 Å². The zero-order chi connectivity index (χ0) is 7.56. The molecule has 0 amide bonds. The van der Waals surface area contributed by atoms with E-state index in [1.807, 2.05) is 0 Å². The number of likely N-dealkylation sites (tertiary alicyclic amines) is 1. The molecule has 0 aromatic rings. The van der Waals surface area contributed by atoms with Crippen molar-refractivity contribution in [3.8, 4) is 0 Å². The number of hydrogen-bond acceptors (Lipinski definition) is 2. The maximum atomic E-state index is 10.7. The summed E-state index contributed by atoms with van der Waals surface area (Å²) in [5, 5.41) is 0. The molecule has 0 aliphatic carbocycles. The van der Waals surface area contributed by atoms with Gasteiger partial charge in [0.2, 0.25) is 0 Å². The highest BCUT2D eigenvalue weighted by atomic mass is 16.1. The van der Waals surface area contributed by atoms with E-state index in [1.54, 1.807) is 6.92 Å². The number of carbonyl (C=O) groups is 1. The number of carbonyl (C=O) groups excluding carboxylic acids is 1. The Labute approximate surface area is 62.2 Å². The molecule has 0 aromatic carbocycles. The predicted octanol–water partition coefficient (Wildman–Crippen LogP) is 0.917. The fourth-order valence-electron chi connectivity index (χ4n) is 1.60. The van der Waals surface area contributed by atoms with Crippen LogP contribution in [0.15, 0.2) is 0 Å². The van der Waals surface area contributed by atoms with Crippen molar-refractivity contribution in [1.29, 1.82) is 0 Å². The molecule has 1 heterocycles. The monoisotopic (exact) mass is 141 g/mol. The summed E-state index contributed by atoms with van der Waals surface area (Å²) in [5.41, 5.74) is 0. The van der Waals surface area contributed by atoms with E-state index >= 15 is 0 Å². The summed E-state index contributed by atoms with van der Waals surface area (Å²) in [4.78, 5) is 13.0. The fourth-order valence-corrected chi connectivity index (χ4v) is 1.60. The molecule has 58 valence electrons. The Morgan fingerprint density at radius 3 is 2.80 bits per heavy atom. The van der Waals surface area contributed by atoms with E-state index in [1.165, 1.54) is 6.42 Å². The summed E-state index contributed by atoms with van der Waals surface area (Å²) in [6, 6.07) is 0. The number of nitrogens with zero attached hydrogens (tertiary/aromatic N) is 1. The van der Waals surface area contributed by atoms with E-state index in [0.29, 0.717) is 11.7 Å². The minimum Gasteiger partial charge on any atom is -0.306 e. The van der Waals surface area contributed by atoms with Crippen molar-refractivity contribution in [1.82, 2.24) is 4.90 Å². The molecule has 10 heavy (non-hydrogen) atoms. The number of Topliss-reactive ketones (excluding diaryl/α,β-unsaturated/α-hetero) is 1. The first-order chi connectivity index (χ1) is 4.68. The first kappa shape index (κ1) is 7.73. The SMILES string of the molecule is CC(=O)C[C@@H]1CCN(C)C1. The van der Waals surface area contributed by atoms with Gasteiger partial charge in [0.25, 0.3) is 0 Å². The predicted molar refractivity (Wildman–Crippen MR) is 40.9 cm³/mol. The third-order valence-corrected chi connectivity index (χ3v) is 2.07. The van der Waals surface area contributed by atoms with Crippen molar-refractivity contribution in [2.45, 2.75) is 19.8 Å². The molecule has 2 nitrogen and oxygen atoms in total. The standard InChI is InChI=1S/C8H15NO/c1-7(10)5-8-3-4-9(2)6-8/h8H,3-6H2,1-2H3/t8-/m0/s1. The maximum absolute atomic E-state index is 10.7. The third-order valence-electron chi connectivity index (χ3n) is 2.07. The molecular weight excluding hydrogens is 126 g/mol. The second-order valence-electron chi connectivity index (χ2n) is 3.32. The zero-order valence-electron chi connectivity index (χ0n) is 6.76. The Hall–Kier alpha value is -0.370. The summed E-state index contributed by atoms with van der Waals surface area (Å²) < 4.78 is 0. The lowest BCUT2D eigenvalue weighted by atomic mass is 10.0. The molecule has 1 atom stereocenters. The number of hydrogen-bond donors (Lipinski definition) is 0. The molecule has 1 aliphatic rings. The first-order valence-corrected chi connectivity index (χ1v) is 3.86. The molecule has 0 spiro atoms. The normalized spacial score (nSPS) is 27.2. The summed E-state index contributed by atoms with van der Waals surface area (Å²) in [6.07, 6.45) is 1.99. The van der Waals surface area contributed by atoms with E-state index in [0.717, 1.165) is 19.5 Å². The average molecular weight is 141 g/mol. The van der Waals surface area contributed by atoms with Gasteiger partial charge < -0.3 is 9.69 Å². The van der Waals surface area contributed by atoms with Crippen LogP contribution in [-0.2, 0) is 4.79 Å². The van der Waals surface area contributed by atoms with E-state index in [4.69, 9.17) is 0 Å². The average Bonchev–Trinajstić information content (AvgIpc) is 2.13. The second-order valence-corrected chi connectivity index (χ2v) is 3.32. The Kier molecular flexibility index (Phi) is 2.44. The van der Waals surface area contributed by atoms with Gasteiger partial charge in [-0.2, -0.15) is 0 Å². The molecule has 0 bridgehead atoms. The highest BCUT2D eigenvalue weighted by Gasteiger charge is 2.19. The van der Waals surface area contributed by atoms with Crippen molar-refractivity contribution in [3.63, 3.8) is 0 Å². The molecule has 1 aliphatic heterocycles. The molecule has 0 unspecified atom stereocenters. The molecule has 1 rings (SSSR count). The lowest BCUT2D eigenvalue weighted by Crippen LogP contribution is -2.15. The van der Waals surface area contributed by atoms with Crippen molar-refractivity contribution in [3.05, 3.63) is 0 Å². The van der Waals surface area contributed by atoms with Crippen molar-refractivity contribution in [2.24, 2.45) is 5.92 Å². The number of rotatable bonds is 2. The first-order valence-electron chi connectivity index (χ1n) is 3.86. The van der Waals surface area contributed by atoms with Gasteiger partial charge in [0, 0.05) is 13.0 Å². The van der Waals surface area contributed by atoms with Crippen molar-refractivity contribution in [2.75, 3.05) is 20.1 Å². The highest BCUT2D eigenvalue weighted by molar-refractivity contribution is 5.75. The smallest absolute Gasteiger partial charge is 0.130 e. The van der Waals surface area contributed by atoms with Crippen LogP contribution in [0.2, 0.25) is 0 Å². The van der Waals surface area contributed by atoms with Crippen LogP contribution in [0.3, 0.4) is 0 Å². The van der Waals surface area contributed by atoms with Gasteiger partial charge in [-0.25, -0.2) is 0 Å². The Bertz CT molecular complexity index is 133. The molecule has 0 saturated carbocycles. The second kappa shape index (κ2) is 3.15. The van der Waals surface area contributed by atoms with Crippen LogP contribution < -0.4 is 0 Å². The quantitative estimate of drug-likeness (QED) is 0.570. The summed E-state index contributed by atoms with van der Waals surface area (Å²) in [7, 11) is 2.11. The highest BCUT2D eigenvalue weighted by Crippen LogP contribution is 2.17. The van der Waals surface area contributed by atoms with Crippen LogP contribution in [0.25, 0.3) is 0 Å². The Morgan fingerprint density at radius 2 is 2.40 bits per heavy atom. The van der Waals surface area contributed by atoms with E-state index in [9.17, 15) is 4.79 Å². The zero-order valence-corrected chi connectivity index (χ0v) is 6.76. The van der Waals surface area contributed by atoms with Gasteiger partial charge in [0.1, 0.15) is 5.78 Å². The minimum absolute atomic E-state index is 0.334. The van der Waals surface area contributed by atoms with Crippen LogP contribution in [-0.4, -0.2) is 30.8 Å². The maximum Gasteiger partial charge on any atom is 0.130 e. The molecule has 0 N–H and O–H groups in total. The Morgan fingerprint density at radius 1 is 1.70 bits per heavy atom. The lowest BCUT2D eigenvalue weighted by Gasteiger charge is -2.07. The summed E-state index contributed by atoms with van der Waals surface area (Å²) >= 11 is 0. The van der Waals surface area contributed by atoms with Gasteiger partial charge in [-0.05, 0) is 32.9 Å². The summed E-state index contributed by atoms with van der Waals surface area (Å²) in [6.45, 7) is 3.95. The van der Waals surface area contributed by atoms with Gasteiger partial charge >= 0.3 is 0 Å². The lowest BCUT2D eigenvalue weighted by molar-refractivity contribution is -0.117. The van der Waals surface area contributed by atoms with E-state index in [-0.39, 0.29) is 0 Å². The molecule has 0 aromatic heterocycles. The van der Waals surface area contributed by atoms with Crippen molar-refractivity contribution >= 4 is 5.78 Å². The topological polar surface area (TPSA) is 20.3 Å². The van der Waals surface area contributed by atoms with Crippen molar-refractivity contribution < 1.29 is 4.79 Å². The van der Waals surface area contributed by atoms with E-state index in [2.05, 4.69) is 11.9 Å².